The third-order valence-corrected chi connectivity index (χ3v) is 3.63. The molecule has 0 saturated carbocycles. The second-order valence-corrected chi connectivity index (χ2v) is 4.75. The molecule has 2 rings (SSSR count). The van der Waals surface area contributed by atoms with E-state index in [1.165, 1.54) is 0 Å². The number of ether oxygens (including phenoxy) is 1. The van der Waals surface area contributed by atoms with Crippen LogP contribution in [0.1, 0.15) is 18.4 Å². The molecule has 1 aromatic heterocycles. The van der Waals surface area contributed by atoms with Crippen molar-refractivity contribution in [2.75, 3.05) is 13.2 Å². The van der Waals surface area contributed by atoms with Gasteiger partial charge in [0.1, 0.15) is 0 Å². The van der Waals surface area contributed by atoms with Gasteiger partial charge in [-0.3, -0.25) is 9.78 Å². The fourth-order valence-electron chi connectivity index (χ4n) is 2.14. The Labute approximate surface area is 105 Å². The maximum atomic E-state index is 11.5. The average molecular weight is 256 g/mol. The number of rotatable bonds is 3. The third-order valence-electron chi connectivity index (χ3n) is 3.29. The van der Waals surface area contributed by atoms with Crippen LogP contribution in [0.4, 0.5) is 0 Å². The van der Waals surface area contributed by atoms with E-state index in [1.807, 2.05) is 0 Å². The zero-order valence-electron chi connectivity index (χ0n) is 9.36. The molecule has 0 unspecified atom stereocenters. The van der Waals surface area contributed by atoms with Gasteiger partial charge >= 0.3 is 5.97 Å². The number of aromatic nitrogens is 1. The fourth-order valence-corrected chi connectivity index (χ4v) is 2.33. The van der Waals surface area contributed by atoms with Crippen LogP contribution in [0.15, 0.2) is 18.5 Å². The molecule has 92 valence electrons. The highest BCUT2D eigenvalue weighted by Crippen LogP contribution is 2.36. The first-order valence-electron chi connectivity index (χ1n) is 5.54. The third kappa shape index (κ3) is 2.58. The van der Waals surface area contributed by atoms with Gasteiger partial charge in [0, 0.05) is 25.6 Å². The Hall–Kier alpha value is -1.13. The number of aliphatic carboxylic acids is 1. The van der Waals surface area contributed by atoms with Gasteiger partial charge in [0.05, 0.1) is 10.4 Å². The van der Waals surface area contributed by atoms with Gasteiger partial charge < -0.3 is 9.84 Å². The van der Waals surface area contributed by atoms with E-state index < -0.39 is 11.4 Å². The first-order chi connectivity index (χ1) is 8.14. The molecule has 0 spiro atoms. The van der Waals surface area contributed by atoms with Gasteiger partial charge in [-0.05, 0) is 30.9 Å². The minimum Gasteiger partial charge on any atom is -0.481 e. The van der Waals surface area contributed by atoms with Gasteiger partial charge in [-0.1, -0.05) is 11.6 Å². The van der Waals surface area contributed by atoms with Crippen LogP contribution in [0.25, 0.3) is 0 Å². The van der Waals surface area contributed by atoms with Gasteiger partial charge in [-0.15, -0.1) is 0 Å². The van der Waals surface area contributed by atoms with E-state index in [0.717, 1.165) is 5.56 Å². The summed E-state index contributed by atoms with van der Waals surface area (Å²) in [6, 6.07) is 1.78. The molecule has 1 aliphatic rings. The molecule has 0 atom stereocenters. The topological polar surface area (TPSA) is 59.4 Å². The van der Waals surface area contributed by atoms with Crippen LogP contribution in [-0.2, 0) is 16.0 Å². The van der Waals surface area contributed by atoms with Crippen LogP contribution in [0.2, 0.25) is 5.02 Å². The van der Waals surface area contributed by atoms with Gasteiger partial charge in [0.15, 0.2) is 0 Å². The molecule has 4 nitrogen and oxygen atoms in total. The number of carbonyl (C=O) groups is 1. The highest BCUT2D eigenvalue weighted by molar-refractivity contribution is 6.31. The molecular formula is C12H14ClNO3. The van der Waals surface area contributed by atoms with Crippen molar-refractivity contribution in [1.29, 1.82) is 0 Å². The van der Waals surface area contributed by atoms with Crippen LogP contribution in [0.5, 0.6) is 0 Å². The van der Waals surface area contributed by atoms with E-state index >= 15 is 0 Å². The molecule has 1 aliphatic heterocycles. The number of carboxylic acid groups (broad SMARTS) is 1. The maximum absolute atomic E-state index is 11.5. The Kier molecular flexibility index (Phi) is 3.64. The lowest BCUT2D eigenvalue weighted by molar-refractivity contribution is -0.154. The Morgan fingerprint density at radius 3 is 2.82 bits per heavy atom. The molecule has 1 N–H and O–H groups in total. The predicted molar refractivity (Wildman–Crippen MR) is 63.1 cm³/mol. The molecule has 0 radical (unpaired) electrons. The van der Waals surface area contributed by atoms with Crippen molar-refractivity contribution in [3.63, 3.8) is 0 Å². The highest BCUT2D eigenvalue weighted by Gasteiger charge is 2.40. The lowest BCUT2D eigenvalue weighted by Crippen LogP contribution is -2.39. The normalized spacial score (nSPS) is 18.9. The SMILES string of the molecule is O=C(O)C1(Cc2ccncc2Cl)CCOCC1. The fraction of sp³-hybridized carbons (Fsp3) is 0.500. The summed E-state index contributed by atoms with van der Waals surface area (Å²) in [5.74, 6) is -0.770. The monoisotopic (exact) mass is 255 g/mol. The molecule has 1 fully saturated rings. The van der Waals surface area contributed by atoms with Gasteiger partial charge in [-0.25, -0.2) is 0 Å². The summed E-state index contributed by atoms with van der Waals surface area (Å²) >= 11 is 6.02. The van der Waals surface area contributed by atoms with E-state index in [9.17, 15) is 9.90 Å². The minimum atomic E-state index is -0.770. The number of halogens is 1. The van der Waals surface area contributed by atoms with Crippen LogP contribution in [0, 0.1) is 5.41 Å². The zero-order valence-corrected chi connectivity index (χ0v) is 10.1. The lowest BCUT2D eigenvalue weighted by atomic mass is 9.75. The Morgan fingerprint density at radius 2 is 2.24 bits per heavy atom. The first kappa shape index (κ1) is 12.3. The molecular weight excluding hydrogens is 242 g/mol. The number of hydrogen-bond donors (Lipinski definition) is 1. The van der Waals surface area contributed by atoms with Crippen molar-refractivity contribution in [3.8, 4) is 0 Å². The van der Waals surface area contributed by atoms with Gasteiger partial charge in [0.2, 0.25) is 0 Å². The predicted octanol–water partition coefficient (Wildman–Crippen LogP) is 2.16. The summed E-state index contributed by atoms with van der Waals surface area (Å²) in [5, 5.41) is 9.95. The van der Waals surface area contributed by atoms with Gasteiger partial charge in [0.25, 0.3) is 0 Å². The van der Waals surface area contributed by atoms with E-state index in [4.69, 9.17) is 16.3 Å². The summed E-state index contributed by atoms with van der Waals surface area (Å²) in [5.41, 5.74) is 0.0921. The summed E-state index contributed by atoms with van der Waals surface area (Å²) in [6.07, 6.45) is 4.68. The number of nitrogens with zero attached hydrogens (tertiary/aromatic N) is 1. The summed E-state index contributed by atoms with van der Waals surface area (Å²) in [6.45, 7) is 0.990. The quantitative estimate of drug-likeness (QED) is 0.899. The molecule has 1 aromatic rings. The summed E-state index contributed by atoms with van der Waals surface area (Å²) in [7, 11) is 0. The smallest absolute Gasteiger partial charge is 0.310 e. The molecule has 2 heterocycles. The zero-order chi connectivity index (χ0) is 12.3. The Bertz CT molecular complexity index is 416. The minimum absolute atomic E-state index is 0.438. The molecule has 0 amide bonds. The van der Waals surface area contributed by atoms with Crippen molar-refractivity contribution in [3.05, 3.63) is 29.0 Å². The van der Waals surface area contributed by atoms with Crippen molar-refractivity contribution in [2.24, 2.45) is 5.41 Å². The highest BCUT2D eigenvalue weighted by atomic mass is 35.5. The Morgan fingerprint density at radius 1 is 1.53 bits per heavy atom. The van der Waals surface area contributed by atoms with Gasteiger partial charge in [-0.2, -0.15) is 0 Å². The number of pyridine rings is 1. The maximum Gasteiger partial charge on any atom is 0.310 e. The summed E-state index contributed by atoms with van der Waals surface area (Å²) < 4.78 is 5.23. The van der Waals surface area contributed by atoms with E-state index in [-0.39, 0.29) is 0 Å². The largest absolute Gasteiger partial charge is 0.481 e. The van der Waals surface area contributed by atoms with Crippen molar-refractivity contribution in [1.82, 2.24) is 4.98 Å². The van der Waals surface area contributed by atoms with Crippen molar-refractivity contribution < 1.29 is 14.6 Å². The van der Waals surface area contributed by atoms with E-state index in [1.54, 1.807) is 18.5 Å². The second kappa shape index (κ2) is 5.02. The second-order valence-electron chi connectivity index (χ2n) is 4.34. The molecule has 0 bridgehead atoms. The molecule has 0 aromatic carbocycles. The summed E-state index contributed by atoms with van der Waals surface area (Å²) in [4.78, 5) is 15.4. The standard InChI is InChI=1S/C12H14ClNO3/c13-10-8-14-4-1-9(10)7-12(11(15)16)2-5-17-6-3-12/h1,4,8H,2-3,5-7H2,(H,15,16). The molecule has 1 saturated heterocycles. The van der Waals surface area contributed by atoms with Crippen molar-refractivity contribution >= 4 is 17.6 Å². The number of carboxylic acids is 1. The molecule has 0 aliphatic carbocycles. The van der Waals surface area contributed by atoms with Crippen LogP contribution < -0.4 is 0 Å². The molecule has 17 heavy (non-hydrogen) atoms. The van der Waals surface area contributed by atoms with Crippen LogP contribution in [0.3, 0.4) is 0 Å². The van der Waals surface area contributed by atoms with Crippen molar-refractivity contribution in [2.45, 2.75) is 19.3 Å². The Balaban J connectivity index is 2.24. The first-order valence-corrected chi connectivity index (χ1v) is 5.91. The average Bonchev–Trinajstić information content (AvgIpc) is 2.33. The number of hydrogen-bond acceptors (Lipinski definition) is 3. The van der Waals surface area contributed by atoms with Crippen LogP contribution >= 0.6 is 11.6 Å². The van der Waals surface area contributed by atoms with Crippen LogP contribution in [-0.4, -0.2) is 29.3 Å². The van der Waals surface area contributed by atoms with E-state index in [2.05, 4.69) is 4.98 Å². The lowest BCUT2D eigenvalue weighted by Gasteiger charge is -2.33. The van der Waals surface area contributed by atoms with E-state index in [0.29, 0.717) is 37.5 Å². The molecule has 5 heteroatoms.